The van der Waals surface area contributed by atoms with E-state index in [9.17, 15) is 9.59 Å². The van der Waals surface area contributed by atoms with E-state index in [2.05, 4.69) is 4.74 Å². The smallest absolute Gasteiger partial charge is 0.293 e. The first-order valence-electron chi connectivity index (χ1n) is 2.83. The number of rotatable bonds is 6. The third-order valence-electron chi connectivity index (χ3n) is 0.728. The minimum absolute atomic E-state index is 0.0256. The van der Waals surface area contributed by atoms with Crippen LogP contribution in [0.15, 0.2) is 0 Å². The lowest BCUT2D eigenvalue weighted by Crippen LogP contribution is -1.97. The van der Waals surface area contributed by atoms with E-state index in [-0.39, 0.29) is 12.4 Å². The van der Waals surface area contributed by atoms with Crippen LogP contribution in [0.5, 0.6) is 0 Å². The van der Waals surface area contributed by atoms with Gasteiger partial charge in [-0.05, 0) is 13.3 Å². The van der Waals surface area contributed by atoms with Gasteiger partial charge in [-0.25, -0.2) is 0 Å². The Morgan fingerprint density at radius 1 is 1.60 bits per heavy atom. The van der Waals surface area contributed by atoms with Crippen molar-refractivity contribution in [3.05, 3.63) is 19.3 Å². The van der Waals surface area contributed by atoms with Gasteiger partial charge < -0.3 is 4.74 Å². The van der Waals surface area contributed by atoms with Crippen molar-refractivity contribution in [2.45, 2.75) is 6.92 Å². The van der Waals surface area contributed by atoms with Gasteiger partial charge in [0.1, 0.15) is 5.78 Å². The predicted molar refractivity (Wildman–Crippen MR) is 35.6 cm³/mol. The number of carbonyl (C=O) groups is 2. The fourth-order valence-electron chi connectivity index (χ4n) is 0.354. The van der Waals surface area contributed by atoms with Gasteiger partial charge in [-0.3, -0.25) is 9.59 Å². The lowest BCUT2D eigenvalue weighted by atomic mass is 10.2. The number of carbonyl (C=O) groups excluding carboxylic acids is 2. The number of hydrogen-bond donors (Lipinski definition) is 0. The molecule has 0 aromatic heterocycles. The molecule has 0 aliphatic heterocycles. The van der Waals surface area contributed by atoms with E-state index >= 15 is 0 Å². The molecule has 55 valence electrons. The summed E-state index contributed by atoms with van der Waals surface area (Å²) in [4.78, 5) is 19.8. The van der Waals surface area contributed by atoms with Crippen LogP contribution in [0.25, 0.3) is 0 Å². The molecule has 0 amide bonds. The summed E-state index contributed by atoms with van der Waals surface area (Å²) < 4.78 is 4.32. The van der Waals surface area contributed by atoms with Crippen molar-refractivity contribution in [3.63, 3.8) is 0 Å². The topological polar surface area (TPSA) is 43.4 Å². The molecule has 3 nitrogen and oxygen atoms in total. The fourth-order valence-corrected chi connectivity index (χ4v) is 0.354. The van der Waals surface area contributed by atoms with Crippen LogP contribution < -0.4 is 0 Å². The SMILES string of the molecule is CC(=O)[CH][CH][CH]COC=O. The summed E-state index contributed by atoms with van der Waals surface area (Å²) in [6.07, 6.45) is 4.52. The maximum atomic E-state index is 10.3. The summed E-state index contributed by atoms with van der Waals surface area (Å²) in [5.41, 5.74) is 0. The summed E-state index contributed by atoms with van der Waals surface area (Å²) in [6.45, 7) is 2.02. The van der Waals surface area contributed by atoms with Crippen molar-refractivity contribution < 1.29 is 14.3 Å². The van der Waals surface area contributed by atoms with Crippen LogP contribution in [0.2, 0.25) is 0 Å². The molecule has 0 saturated heterocycles. The standard InChI is InChI=1S/C7H9O3/c1-7(9)4-2-3-5-10-6-8/h2-4,6H,5H2,1H3. The van der Waals surface area contributed by atoms with Crippen LogP contribution in [-0.4, -0.2) is 18.9 Å². The summed E-state index contributed by atoms with van der Waals surface area (Å²) in [6, 6.07) is 0. The first-order chi connectivity index (χ1) is 4.77. The Labute approximate surface area is 60.4 Å². The number of ether oxygens (including phenoxy) is 1. The first-order valence-corrected chi connectivity index (χ1v) is 2.83. The quantitative estimate of drug-likeness (QED) is 0.396. The number of unbranched alkanes of at least 4 members (excludes halogenated alkanes) is 1. The van der Waals surface area contributed by atoms with E-state index in [0.29, 0.717) is 6.47 Å². The molecule has 3 radical (unpaired) electrons. The lowest BCUT2D eigenvalue weighted by Gasteiger charge is -1.94. The van der Waals surface area contributed by atoms with Crippen LogP contribution in [0.4, 0.5) is 0 Å². The molecule has 0 saturated carbocycles. The van der Waals surface area contributed by atoms with Gasteiger partial charge >= 0.3 is 0 Å². The van der Waals surface area contributed by atoms with E-state index in [0.717, 1.165) is 0 Å². The van der Waals surface area contributed by atoms with Crippen LogP contribution in [0.1, 0.15) is 6.92 Å². The number of hydrogen-bond acceptors (Lipinski definition) is 3. The molecule has 0 heterocycles. The maximum Gasteiger partial charge on any atom is 0.293 e. The molecule has 0 spiro atoms. The zero-order valence-electron chi connectivity index (χ0n) is 5.74. The Kier molecular flexibility index (Phi) is 5.72. The number of Topliss-reactive ketones (excluding diaryl/α,β-unsaturated/α-hetero) is 1. The third-order valence-corrected chi connectivity index (χ3v) is 0.728. The van der Waals surface area contributed by atoms with Crippen molar-refractivity contribution >= 4 is 12.3 Å². The normalized spacial score (nSPS) is 8.90. The summed E-state index contributed by atoms with van der Waals surface area (Å²) in [7, 11) is 0. The van der Waals surface area contributed by atoms with Crippen LogP contribution in [0, 0.1) is 19.3 Å². The third kappa shape index (κ3) is 7.14. The molecule has 0 fully saturated rings. The van der Waals surface area contributed by atoms with Crippen LogP contribution in [0.3, 0.4) is 0 Å². The highest BCUT2D eigenvalue weighted by Gasteiger charge is 1.93. The van der Waals surface area contributed by atoms with Gasteiger partial charge in [0.15, 0.2) is 0 Å². The fraction of sp³-hybridized carbons (Fsp3) is 0.286. The Morgan fingerprint density at radius 2 is 2.30 bits per heavy atom. The van der Waals surface area contributed by atoms with E-state index in [4.69, 9.17) is 0 Å². The lowest BCUT2D eigenvalue weighted by molar-refractivity contribution is -0.127. The van der Waals surface area contributed by atoms with Gasteiger partial charge in [0.05, 0.1) is 6.61 Å². The summed E-state index contributed by atoms with van der Waals surface area (Å²) in [5.74, 6) is -0.0256. The second-order valence-electron chi connectivity index (χ2n) is 1.64. The molecule has 0 aromatic rings. The average Bonchev–Trinajstić information content (AvgIpc) is 1.87. The van der Waals surface area contributed by atoms with Gasteiger partial charge in [-0.2, -0.15) is 0 Å². The van der Waals surface area contributed by atoms with Gasteiger partial charge in [-0.1, -0.05) is 0 Å². The van der Waals surface area contributed by atoms with Crippen molar-refractivity contribution in [2.75, 3.05) is 6.61 Å². The van der Waals surface area contributed by atoms with Gasteiger partial charge in [-0.15, -0.1) is 0 Å². The molecule has 0 bridgehead atoms. The first kappa shape index (κ1) is 9.14. The predicted octanol–water partition coefficient (Wildman–Crippen LogP) is 0.361. The van der Waals surface area contributed by atoms with E-state index < -0.39 is 0 Å². The van der Waals surface area contributed by atoms with Gasteiger partial charge in [0, 0.05) is 12.8 Å². The molecule has 0 atom stereocenters. The van der Waals surface area contributed by atoms with Crippen LogP contribution >= 0.6 is 0 Å². The highest BCUT2D eigenvalue weighted by molar-refractivity contribution is 5.86. The van der Waals surface area contributed by atoms with E-state index in [1.54, 1.807) is 12.8 Å². The van der Waals surface area contributed by atoms with Gasteiger partial charge in [0.25, 0.3) is 6.47 Å². The zero-order chi connectivity index (χ0) is 7.82. The zero-order valence-corrected chi connectivity index (χ0v) is 5.74. The molecule has 0 aliphatic carbocycles. The Morgan fingerprint density at radius 3 is 2.80 bits per heavy atom. The minimum atomic E-state index is -0.0256. The second-order valence-corrected chi connectivity index (χ2v) is 1.64. The van der Waals surface area contributed by atoms with Crippen molar-refractivity contribution in [1.82, 2.24) is 0 Å². The van der Waals surface area contributed by atoms with Crippen molar-refractivity contribution in [1.29, 1.82) is 0 Å². The highest BCUT2D eigenvalue weighted by atomic mass is 16.5. The van der Waals surface area contributed by atoms with Crippen molar-refractivity contribution in [2.24, 2.45) is 0 Å². The van der Waals surface area contributed by atoms with Gasteiger partial charge in [0.2, 0.25) is 0 Å². The molecule has 0 rings (SSSR count). The Hall–Kier alpha value is -0.860. The molecule has 0 aliphatic rings. The van der Waals surface area contributed by atoms with E-state index in [1.165, 1.54) is 13.3 Å². The Balaban J connectivity index is 2.90. The summed E-state index contributed by atoms with van der Waals surface area (Å²) in [5, 5.41) is 0. The number of ketones is 1. The monoisotopic (exact) mass is 141 g/mol. The minimum Gasteiger partial charge on any atom is -0.468 e. The van der Waals surface area contributed by atoms with Crippen molar-refractivity contribution in [3.8, 4) is 0 Å². The molecular weight excluding hydrogens is 132 g/mol. The Bertz CT molecular complexity index is 109. The molecule has 0 N–H and O–H groups in total. The molecule has 0 aromatic carbocycles. The molecule has 10 heavy (non-hydrogen) atoms. The largest absolute Gasteiger partial charge is 0.468 e. The maximum absolute atomic E-state index is 10.3. The van der Waals surface area contributed by atoms with Crippen LogP contribution in [-0.2, 0) is 14.3 Å². The highest BCUT2D eigenvalue weighted by Crippen LogP contribution is 1.91. The second kappa shape index (κ2) is 6.26. The molecule has 0 unspecified atom stereocenters. The van der Waals surface area contributed by atoms with E-state index in [1.807, 2.05) is 0 Å². The summed E-state index contributed by atoms with van der Waals surface area (Å²) >= 11 is 0. The molecular formula is C7H9O3. The average molecular weight is 141 g/mol. The molecule has 3 heteroatoms.